The first-order valence-corrected chi connectivity index (χ1v) is 8.66. The summed E-state index contributed by atoms with van der Waals surface area (Å²) >= 11 is 1.03. The second-order valence-electron chi connectivity index (χ2n) is 6.38. The Labute approximate surface area is 149 Å². The van der Waals surface area contributed by atoms with Crippen LogP contribution >= 0.6 is 11.8 Å². The Morgan fingerprint density at radius 3 is 2.32 bits per heavy atom. The Hall–Kier alpha value is -1.77. The molecule has 0 saturated carbocycles. The normalized spacial score (nSPS) is 12.0. The SMILES string of the molecule is CCN(CC(=O)NC(C)(C)C)C(=O)CSc1ccc(C(F)(F)F)cn1. The van der Waals surface area contributed by atoms with Crippen LogP contribution in [0.2, 0.25) is 0 Å². The third-order valence-corrected chi connectivity index (χ3v) is 3.92. The van der Waals surface area contributed by atoms with Gasteiger partial charge in [0.2, 0.25) is 11.8 Å². The number of carbonyl (C=O) groups is 2. The van der Waals surface area contributed by atoms with Crippen LogP contribution in [0.5, 0.6) is 0 Å². The molecule has 0 aliphatic carbocycles. The zero-order valence-corrected chi connectivity index (χ0v) is 15.4. The average molecular weight is 377 g/mol. The average Bonchev–Trinajstić information content (AvgIpc) is 2.48. The van der Waals surface area contributed by atoms with E-state index in [-0.39, 0.29) is 24.1 Å². The van der Waals surface area contributed by atoms with Crippen LogP contribution in [0.25, 0.3) is 0 Å². The third kappa shape index (κ3) is 7.76. The molecule has 0 aromatic carbocycles. The molecule has 25 heavy (non-hydrogen) atoms. The molecule has 0 atom stereocenters. The van der Waals surface area contributed by atoms with E-state index in [0.717, 1.165) is 24.0 Å². The third-order valence-electron chi connectivity index (χ3n) is 2.99. The molecule has 0 unspecified atom stereocenters. The number of nitrogens with zero attached hydrogens (tertiary/aromatic N) is 2. The number of rotatable bonds is 6. The molecule has 1 heterocycles. The van der Waals surface area contributed by atoms with E-state index in [2.05, 4.69) is 10.3 Å². The molecule has 9 heteroatoms. The number of aromatic nitrogens is 1. The summed E-state index contributed by atoms with van der Waals surface area (Å²) in [7, 11) is 0. The topological polar surface area (TPSA) is 62.3 Å². The number of halogens is 3. The van der Waals surface area contributed by atoms with E-state index in [1.807, 2.05) is 20.8 Å². The molecule has 0 spiro atoms. The molecule has 1 aromatic heterocycles. The van der Waals surface area contributed by atoms with Crippen LogP contribution in [0.15, 0.2) is 23.4 Å². The van der Waals surface area contributed by atoms with Crippen molar-refractivity contribution in [1.29, 1.82) is 0 Å². The van der Waals surface area contributed by atoms with E-state index in [1.54, 1.807) is 6.92 Å². The lowest BCUT2D eigenvalue weighted by Gasteiger charge is -2.25. The summed E-state index contributed by atoms with van der Waals surface area (Å²) in [5.74, 6) is -0.548. The van der Waals surface area contributed by atoms with Gasteiger partial charge in [-0.1, -0.05) is 11.8 Å². The number of likely N-dealkylation sites (N-methyl/N-ethyl adjacent to an activating group) is 1. The molecule has 0 saturated heterocycles. The van der Waals surface area contributed by atoms with Gasteiger partial charge in [-0.25, -0.2) is 4.98 Å². The summed E-state index contributed by atoms with van der Waals surface area (Å²) in [6.07, 6.45) is -3.70. The molecule has 0 aliphatic heterocycles. The van der Waals surface area contributed by atoms with Gasteiger partial charge in [-0.2, -0.15) is 13.2 Å². The van der Waals surface area contributed by atoms with Crippen LogP contribution < -0.4 is 5.32 Å². The molecule has 1 N–H and O–H groups in total. The van der Waals surface area contributed by atoms with Crippen LogP contribution in [-0.2, 0) is 15.8 Å². The van der Waals surface area contributed by atoms with E-state index < -0.39 is 17.3 Å². The van der Waals surface area contributed by atoms with E-state index in [1.165, 1.54) is 11.0 Å². The summed E-state index contributed by atoms with van der Waals surface area (Å²) in [4.78, 5) is 29.2. The van der Waals surface area contributed by atoms with Gasteiger partial charge >= 0.3 is 6.18 Å². The summed E-state index contributed by atoms with van der Waals surface area (Å²) in [5, 5.41) is 3.09. The predicted octanol–water partition coefficient (Wildman–Crippen LogP) is 2.96. The monoisotopic (exact) mass is 377 g/mol. The Bertz CT molecular complexity index is 598. The van der Waals surface area contributed by atoms with Crippen molar-refractivity contribution >= 4 is 23.6 Å². The summed E-state index contributed by atoms with van der Waals surface area (Å²) < 4.78 is 37.4. The molecule has 2 amide bonds. The molecule has 0 aliphatic rings. The number of nitrogens with one attached hydrogen (secondary N) is 1. The van der Waals surface area contributed by atoms with Gasteiger partial charge in [-0.3, -0.25) is 9.59 Å². The minimum Gasteiger partial charge on any atom is -0.350 e. The standard InChI is InChI=1S/C16H22F3N3O2S/c1-5-22(9-12(23)21-15(2,3)4)14(24)10-25-13-7-6-11(8-20-13)16(17,18)19/h6-8H,5,9-10H2,1-4H3,(H,21,23). The minimum atomic E-state index is -4.44. The van der Waals surface area contributed by atoms with Gasteiger partial charge in [0.25, 0.3) is 0 Å². The zero-order chi connectivity index (χ0) is 19.3. The highest BCUT2D eigenvalue weighted by Crippen LogP contribution is 2.29. The van der Waals surface area contributed by atoms with Crippen molar-refractivity contribution in [2.75, 3.05) is 18.8 Å². The fourth-order valence-corrected chi connectivity index (χ4v) is 2.61. The van der Waals surface area contributed by atoms with Crippen molar-refractivity contribution < 1.29 is 22.8 Å². The van der Waals surface area contributed by atoms with Gasteiger partial charge < -0.3 is 10.2 Å². The van der Waals surface area contributed by atoms with Crippen molar-refractivity contribution in [2.45, 2.75) is 44.4 Å². The number of alkyl halides is 3. The molecule has 140 valence electrons. The first-order chi connectivity index (χ1) is 11.4. The van der Waals surface area contributed by atoms with Crippen molar-refractivity contribution in [3.05, 3.63) is 23.9 Å². The van der Waals surface area contributed by atoms with Crippen LogP contribution in [0.4, 0.5) is 13.2 Å². The highest BCUT2D eigenvalue weighted by atomic mass is 32.2. The highest BCUT2D eigenvalue weighted by molar-refractivity contribution is 7.99. The highest BCUT2D eigenvalue weighted by Gasteiger charge is 2.30. The maximum Gasteiger partial charge on any atom is 0.417 e. The van der Waals surface area contributed by atoms with Crippen LogP contribution in [-0.4, -0.2) is 46.1 Å². The number of hydrogen-bond donors (Lipinski definition) is 1. The first-order valence-electron chi connectivity index (χ1n) is 7.67. The number of hydrogen-bond acceptors (Lipinski definition) is 4. The number of pyridine rings is 1. The van der Waals surface area contributed by atoms with Gasteiger partial charge in [0, 0.05) is 18.3 Å². The molecule has 0 bridgehead atoms. The zero-order valence-electron chi connectivity index (χ0n) is 14.6. The quantitative estimate of drug-likeness (QED) is 0.775. The van der Waals surface area contributed by atoms with Crippen molar-refractivity contribution in [2.24, 2.45) is 0 Å². The molecule has 5 nitrogen and oxygen atoms in total. The summed E-state index contributed by atoms with van der Waals surface area (Å²) in [6, 6.07) is 2.15. The van der Waals surface area contributed by atoms with Gasteiger partial charge in [0.05, 0.1) is 22.9 Å². The molecular formula is C16H22F3N3O2S. The molecule has 0 fully saturated rings. The van der Waals surface area contributed by atoms with E-state index in [4.69, 9.17) is 0 Å². The van der Waals surface area contributed by atoms with Crippen molar-refractivity contribution in [3.8, 4) is 0 Å². The van der Waals surface area contributed by atoms with E-state index in [0.29, 0.717) is 11.6 Å². The molecular weight excluding hydrogens is 355 g/mol. The summed E-state index contributed by atoms with van der Waals surface area (Å²) in [5.41, 5.74) is -1.23. The fraction of sp³-hybridized carbons (Fsp3) is 0.562. The van der Waals surface area contributed by atoms with Crippen molar-refractivity contribution in [3.63, 3.8) is 0 Å². The Kier molecular flexibility index (Phi) is 7.28. The lowest BCUT2D eigenvalue weighted by molar-refractivity contribution is -0.138. The Balaban J connectivity index is 2.57. The lowest BCUT2D eigenvalue weighted by atomic mass is 10.1. The fourth-order valence-electron chi connectivity index (χ4n) is 1.87. The number of thioether (sulfide) groups is 1. The maximum atomic E-state index is 12.5. The van der Waals surface area contributed by atoms with Gasteiger partial charge in [-0.15, -0.1) is 0 Å². The number of carbonyl (C=O) groups excluding carboxylic acids is 2. The predicted molar refractivity (Wildman–Crippen MR) is 90.1 cm³/mol. The lowest BCUT2D eigenvalue weighted by Crippen LogP contribution is -2.47. The molecule has 1 aromatic rings. The van der Waals surface area contributed by atoms with Gasteiger partial charge in [0.15, 0.2) is 0 Å². The largest absolute Gasteiger partial charge is 0.417 e. The minimum absolute atomic E-state index is 0.00496. The Morgan fingerprint density at radius 1 is 1.24 bits per heavy atom. The van der Waals surface area contributed by atoms with Gasteiger partial charge in [0.1, 0.15) is 0 Å². The van der Waals surface area contributed by atoms with Crippen LogP contribution in [0.3, 0.4) is 0 Å². The second kappa shape index (κ2) is 8.55. The second-order valence-corrected chi connectivity index (χ2v) is 7.37. The van der Waals surface area contributed by atoms with Crippen LogP contribution in [0, 0.1) is 0 Å². The van der Waals surface area contributed by atoms with Crippen LogP contribution in [0.1, 0.15) is 33.3 Å². The first kappa shape index (κ1) is 21.3. The molecule has 0 radical (unpaired) electrons. The number of amides is 2. The van der Waals surface area contributed by atoms with E-state index in [9.17, 15) is 22.8 Å². The molecule has 1 rings (SSSR count). The smallest absolute Gasteiger partial charge is 0.350 e. The summed E-state index contributed by atoms with van der Waals surface area (Å²) in [6.45, 7) is 7.58. The Morgan fingerprint density at radius 2 is 1.88 bits per heavy atom. The maximum absolute atomic E-state index is 12.5. The van der Waals surface area contributed by atoms with Gasteiger partial charge in [-0.05, 0) is 39.8 Å². The van der Waals surface area contributed by atoms with E-state index >= 15 is 0 Å². The van der Waals surface area contributed by atoms with Crippen molar-refractivity contribution in [1.82, 2.24) is 15.2 Å².